The number of aromatic nitrogens is 2. The van der Waals surface area contributed by atoms with Gasteiger partial charge in [-0.2, -0.15) is 0 Å². The highest BCUT2D eigenvalue weighted by Gasteiger charge is 2.34. The Morgan fingerprint density at radius 3 is 2.64 bits per heavy atom. The van der Waals surface area contributed by atoms with Gasteiger partial charge >= 0.3 is 0 Å². The summed E-state index contributed by atoms with van der Waals surface area (Å²) in [6, 6.07) is 10.1. The zero-order valence-corrected chi connectivity index (χ0v) is 15.5. The Balaban J connectivity index is 1.61. The van der Waals surface area contributed by atoms with Crippen LogP contribution in [0, 0.1) is 11.8 Å². The number of amides is 1. The molecule has 1 saturated heterocycles. The van der Waals surface area contributed by atoms with E-state index in [0.717, 1.165) is 36.3 Å². The average molecular weight is 356 g/mol. The Morgan fingerprint density at radius 1 is 1.12 bits per heavy atom. The first-order valence-electron chi connectivity index (χ1n) is 9.24. The van der Waals surface area contributed by atoms with Crippen molar-refractivity contribution in [1.29, 1.82) is 0 Å². The molecule has 4 rings (SSSR count). The zero-order valence-electron chi connectivity index (χ0n) is 14.7. The van der Waals surface area contributed by atoms with Gasteiger partial charge in [0.1, 0.15) is 5.69 Å². The van der Waals surface area contributed by atoms with E-state index in [0.29, 0.717) is 11.6 Å². The summed E-state index contributed by atoms with van der Waals surface area (Å²) < 4.78 is 2.00. The largest absolute Gasteiger partial charge is 0.337 e. The van der Waals surface area contributed by atoms with Crippen LogP contribution in [0.4, 0.5) is 0 Å². The van der Waals surface area contributed by atoms with E-state index in [1.165, 1.54) is 25.7 Å². The maximum atomic E-state index is 13.3. The number of likely N-dealkylation sites (tertiary alicyclic amines) is 1. The van der Waals surface area contributed by atoms with Crippen molar-refractivity contribution < 1.29 is 4.79 Å². The van der Waals surface area contributed by atoms with E-state index in [2.05, 4.69) is 9.88 Å². The molecule has 2 fully saturated rings. The molecule has 1 aromatic heterocycles. The average Bonchev–Trinajstić information content (AvgIpc) is 3.11. The van der Waals surface area contributed by atoms with E-state index < -0.39 is 0 Å². The van der Waals surface area contributed by atoms with Crippen LogP contribution < -0.4 is 0 Å². The van der Waals surface area contributed by atoms with E-state index in [1.807, 2.05) is 41.2 Å². The van der Waals surface area contributed by atoms with E-state index in [-0.39, 0.29) is 5.91 Å². The molecular formula is C20H25N3OS. The molecule has 4 nitrogen and oxygen atoms in total. The maximum Gasteiger partial charge on any atom is 0.272 e. The molecule has 0 bridgehead atoms. The van der Waals surface area contributed by atoms with Crippen LogP contribution in [-0.4, -0.2) is 39.7 Å². The number of hydrogen-bond acceptors (Lipinski definition) is 3. The topological polar surface area (TPSA) is 38.1 Å². The fourth-order valence-electron chi connectivity index (χ4n) is 4.40. The first kappa shape index (κ1) is 16.7. The number of thioether (sulfide) groups is 1. The van der Waals surface area contributed by atoms with E-state index in [1.54, 1.807) is 18.0 Å². The number of benzene rings is 1. The minimum Gasteiger partial charge on any atom is -0.337 e. The van der Waals surface area contributed by atoms with Gasteiger partial charge in [-0.05, 0) is 43.1 Å². The smallest absolute Gasteiger partial charge is 0.272 e. The van der Waals surface area contributed by atoms with Crippen LogP contribution in [-0.2, 0) is 0 Å². The third-order valence-electron chi connectivity index (χ3n) is 5.72. The van der Waals surface area contributed by atoms with Crippen molar-refractivity contribution in [3.8, 4) is 5.69 Å². The predicted molar refractivity (Wildman–Crippen MR) is 101 cm³/mol. The number of carbonyl (C=O) groups is 1. The van der Waals surface area contributed by atoms with Crippen LogP contribution in [0.25, 0.3) is 5.69 Å². The Labute approximate surface area is 153 Å². The second kappa shape index (κ2) is 7.24. The van der Waals surface area contributed by atoms with Crippen molar-refractivity contribution in [3.05, 3.63) is 42.2 Å². The lowest BCUT2D eigenvalue weighted by Crippen LogP contribution is -2.45. The van der Waals surface area contributed by atoms with Gasteiger partial charge in [-0.15, -0.1) is 0 Å². The second-order valence-electron chi connectivity index (χ2n) is 7.15. The van der Waals surface area contributed by atoms with Crippen LogP contribution >= 0.6 is 11.8 Å². The molecule has 0 radical (unpaired) electrons. The van der Waals surface area contributed by atoms with Gasteiger partial charge in [0.25, 0.3) is 5.91 Å². The number of piperidine rings is 1. The van der Waals surface area contributed by atoms with Gasteiger partial charge in [0.05, 0.1) is 6.20 Å². The standard InChI is InChI=1S/C20H25N3OS/c1-25-20-21-13-18(23(20)17-9-3-2-4-10-17)19(24)22-12-11-15-7-5-6-8-16(15)14-22/h2-4,9-10,13,15-16H,5-8,11-12,14H2,1H3. The number of para-hydroxylation sites is 1. The summed E-state index contributed by atoms with van der Waals surface area (Å²) in [6.07, 6.45) is 10.2. The molecule has 25 heavy (non-hydrogen) atoms. The van der Waals surface area contributed by atoms with Crippen LogP contribution in [0.1, 0.15) is 42.6 Å². The van der Waals surface area contributed by atoms with E-state index in [4.69, 9.17) is 0 Å². The molecular weight excluding hydrogens is 330 g/mol. The van der Waals surface area contributed by atoms with Crippen molar-refractivity contribution in [2.24, 2.45) is 11.8 Å². The number of carbonyl (C=O) groups excluding carboxylic acids is 1. The van der Waals surface area contributed by atoms with Gasteiger partial charge in [-0.1, -0.05) is 49.2 Å². The monoisotopic (exact) mass is 355 g/mol. The van der Waals surface area contributed by atoms with Crippen molar-refractivity contribution >= 4 is 17.7 Å². The molecule has 0 spiro atoms. The fourth-order valence-corrected chi connectivity index (χ4v) is 4.95. The van der Waals surface area contributed by atoms with E-state index >= 15 is 0 Å². The molecule has 2 heterocycles. The summed E-state index contributed by atoms with van der Waals surface area (Å²) in [5.41, 5.74) is 1.69. The number of rotatable bonds is 3. The summed E-state index contributed by atoms with van der Waals surface area (Å²) in [6.45, 7) is 1.80. The first-order chi connectivity index (χ1) is 12.3. The first-order valence-corrected chi connectivity index (χ1v) is 10.5. The van der Waals surface area contributed by atoms with E-state index in [9.17, 15) is 4.79 Å². The van der Waals surface area contributed by atoms with Crippen molar-refractivity contribution in [2.75, 3.05) is 19.3 Å². The normalized spacial score (nSPS) is 23.3. The van der Waals surface area contributed by atoms with Crippen LogP contribution in [0.2, 0.25) is 0 Å². The number of nitrogens with zero attached hydrogens (tertiary/aromatic N) is 3. The van der Waals surface area contributed by atoms with Gasteiger partial charge in [0.2, 0.25) is 0 Å². The minimum atomic E-state index is 0.126. The number of hydrogen-bond donors (Lipinski definition) is 0. The molecule has 1 aliphatic carbocycles. The van der Waals surface area contributed by atoms with Crippen molar-refractivity contribution in [3.63, 3.8) is 0 Å². The molecule has 1 aromatic carbocycles. The third-order valence-corrected chi connectivity index (χ3v) is 6.38. The molecule has 2 unspecified atom stereocenters. The molecule has 132 valence electrons. The van der Waals surface area contributed by atoms with Gasteiger partial charge in [-0.25, -0.2) is 4.98 Å². The summed E-state index contributed by atoms with van der Waals surface area (Å²) in [5, 5.41) is 0.863. The second-order valence-corrected chi connectivity index (χ2v) is 7.92. The quantitative estimate of drug-likeness (QED) is 0.773. The number of imidazole rings is 1. The molecule has 0 N–H and O–H groups in total. The Morgan fingerprint density at radius 2 is 1.88 bits per heavy atom. The Hall–Kier alpha value is -1.75. The third kappa shape index (κ3) is 3.22. The van der Waals surface area contributed by atoms with Gasteiger partial charge < -0.3 is 4.90 Å². The lowest BCUT2D eigenvalue weighted by Gasteiger charge is -2.41. The predicted octanol–water partition coefficient (Wildman–Crippen LogP) is 4.25. The van der Waals surface area contributed by atoms with Gasteiger partial charge in [0, 0.05) is 18.8 Å². The SMILES string of the molecule is CSc1ncc(C(=O)N2CCC3CCCCC3C2)n1-c1ccccc1. The van der Waals surface area contributed by atoms with Crippen LogP contribution in [0.3, 0.4) is 0 Å². The minimum absolute atomic E-state index is 0.126. The number of fused-ring (bicyclic) bond motifs is 1. The zero-order chi connectivity index (χ0) is 17.2. The fraction of sp³-hybridized carbons (Fsp3) is 0.500. The highest BCUT2D eigenvalue weighted by atomic mass is 32.2. The Kier molecular flexibility index (Phi) is 4.84. The molecule has 1 saturated carbocycles. The van der Waals surface area contributed by atoms with Gasteiger partial charge in [-0.3, -0.25) is 9.36 Å². The summed E-state index contributed by atoms with van der Waals surface area (Å²) in [5.74, 6) is 1.65. The van der Waals surface area contributed by atoms with Crippen molar-refractivity contribution in [2.45, 2.75) is 37.3 Å². The lowest BCUT2D eigenvalue weighted by molar-refractivity contribution is 0.0513. The maximum absolute atomic E-state index is 13.3. The van der Waals surface area contributed by atoms with Crippen molar-refractivity contribution in [1.82, 2.24) is 14.5 Å². The molecule has 2 atom stereocenters. The molecule has 5 heteroatoms. The lowest BCUT2D eigenvalue weighted by atomic mass is 9.75. The summed E-state index contributed by atoms with van der Waals surface area (Å²) in [7, 11) is 0. The van der Waals surface area contributed by atoms with Gasteiger partial charge in [0.15, 0.2) is 5.16 Å². The molecule has 2 aromatic rings. The summed E-state index contributed by atoms with van der Waals surface area (Å²) >= 11 is 1.57. The highest BCUT2D eigenvalue weighted by Crippen LogP contribution is 2.36. The van der Waals surface area contributed by atoms with Crippen LogP contribution in [0.15, 0.2) is 41.7 Å². The molecule has 1 amide bonds. The Bertz CT molecular complexity index is 743. The highest BCUT2D eigenvalue weighted by molar-refractivity contribution is 7.98. The van der Waals surface area contributed by atoms with Crippen LogP contribution in [0.5, 0.6) is 0 Å². The molecule has 1 aliphatic heterocycles. The summed E-state index contributed by atoms with van der Waals surface area (Å²) in [4.78, 5) is 19.8. The molecule has 2 aliphatic rings.